The topological polar surface area (TPSA) is 85.9 Å². The second kappa shape index (κ2) is 8.95. The summed E-state index contributed by atoms with van der Waals surface area (Å²) in [6, 6.07) is -0.209. The van der Waals surface area contributed by atoms with Gasteiger partial charge in [0.25, 0.3) is 10.2 Å². The van der Waals surface area contributed by atoms with Crippen LogP contribution in [0.2, 0.25) is 0 Å². The van der Waals surface area contributed by atoms with Gasteiger partial charge in [0.05, 0.1) is 6.04 Å². The largest absolute Gasteiger partial charge is 0.301 e. The molecule has 3 rings (SSSR count). The van der Waals surface area contributed by atoms with E-state index in [1.165, 1.54) is 17.8 Å². The molecule has 8 nitrogen and oxygen atoms in total. The van der Waals surface area contributed by atoms with E-state index in [-0.39, 0.29) is 18.0 Å². The van der Waals surface area contributed by atoms with Gasteiger partial charge < -0.3 is 5.32 Å². The smallest absolute Gasteiger partial charge is 0.282 e. The summed E-state index contributed by atoms with van der Waals surface area (Å²) in [5.41, 5.74) is 0. The van der Waals surface area contributed by atoms with Crippen LogP contribution in [0, 0.1) is 0 Å². The van der Waals surface area contributed by atoms with Crippen molar-refractivity contribution in [3.05, 3.63) is 11.6 Å². The molecule has 1 atom stereocenters. The lowest BCUT2D eigenvalue weighted by Crippen LogP contribution is -2.57. The Bertz CT molecular complexity index is 711. The van der Waals surface area contributed by atoms with Crippen LogP contribution in [-0.2, 0) is 15.0 Å². The predicted molar refractivity (Wildman–Crippen MR) is 107 cm³/mol. The number of rotatable bonds is 6. The normalized spacial score (nSPS) is 22.0. The number of hydrogen-bond donors (Lipinski definition) is 1. The van der Waals surface area contributed by atoms with E-state index in [0.29, 0.717) is 31.3 Å². The van der Waals surface area contributed by atoms with Gasteiger partial charge >= 0.3 is 0 Å². The Morgan fingerprint density at radius 3 is 2.52 bits per heavy atom. The van der Waals surface area contributed by atoms with Gasteiger partial charge in [0.2, 0.25) is 5.91 Å². The van der Waals surface area contributed by atoms with Gasteiger partial charge in [-0.1, -0.05) is 19.3 Å². The van der Waals surface area contributed by atoms with Crippen molar-refractivity contribution in [3.8, 4) is 0 Å². The fourth-order valence-electron chi connectivity index (χ4n) is 3.80. The molecule has 0 spiro atoms. The van der Waals surface area contributed by atoms with Crippen LogP contribution in [0.25, 0.3) is 0 Å². The minimum atomic E-state index is -3.44. The Morgan fingerprint density at radius 1 is 1.26 bits per heavy atom. The van der Waals surface area contributed by atoms with Crippen molar-refractivity contribution in [3.63, 3.8) is 0 Å². The molecule has 1 aromatic rings. The first-order chi connectivity index (χ1) is 12.9. The number of thiazole rings is 1. The second-order valence-corrected chi connectivity index (χ2v) is 10.1. The van der Waals surface area contributed by atoms with Crippen molar-refractivity contribution in [2.75, 3.05) is 38.5 Å². The molecular weight excluding hydrogens is 386 g/mol. The Labute approximate surface area is 165 Å². The molecule has 10 heteroatoms. The summed E-state index contributed by atoms with van der Waals surface area (Å²) in [5, 5.41) is 5.21. The van der Waals surface area contributed by atoms with Gasteiger partial charge in [0.15, 0.2) is 5.13 Å². The lowest BCUT2D eigenvalue weighted by Gasteiger charge is -2.40. The highest BCUT2D eigenvalue weighted by molar-refractivity contribution is 7.86. The van der Waals surface area contributed by atoms with Crippen LogP contribution < -0.4 is 5.32 Å². The minimum Gasteiger partial charge on any atom is -0.301 e. The number of carbonyl (C=O) groups excluding carboxylic acids is 1. The Hall–Kier alpha value is -1.07. The molecule has 2 aliphatic rings. The van der Waals surface area contributed by atoms with E-state index in [0.717, 1.165) is 25.7 Å². The number of hydrogen-bond acceptors (Lipinski definition) is 6. The minimum absolute atomic E-state index is 0.111. The van der Waals surface area contributed by atoms with Crippen molar-refractivity contribution in [1.82, 2.24) is 18.5 Å². The summed E-state index contributed by atoms with van der Waals surface area (Å²) in [4.78, 5) is 18.5. The number of aromatic nitrogens is 1. The number of carbonyl (C=O) groups is 1. The third-order valence-corrected chi connectivity index (χ3v) is 8.37. The van der Waals surface area contributed by atoms with Crippen LogP contribution in [0.3, 0.4) is 0 Å². The van der Waals surface area contributed by atoms with Gasteiger partial charge in [0.1, 0.15) is 0 Å². The van der Waals surface area contributed by atoms with E-state index < -0.39 is 10.2 Å². The summed E-state index contributed by atoms with van der Waals surface area (Å²) < 4.78 is 29.0. The molecule has 1 amide bonds. The molecule has 0 radical (unpaired) electrons. The molecule has 2 heterocycles. The van der Waals surface area contributed by atoms with E-state index in [2.05, 4.69) is 10.3 Å². The molecule has 1 saturated carbocycles. The number of nitrogens with one attached hydrogen (secondary N) is 1. The fraction of sp³-hybridized carbons (Fsp3) is 0.765. The van der Waals surface area contributed by atoms with Gasteiger partial charge in [-0.3, -0.25) is 9.69 Å². The first-order valence-electron chi connectivity index (χ1n) is 9.57. The molecule has 1 unspecified atom stereocenters. The molecule has 1 saturated heterocycles. The van der Waals surface area contributed by atoms with E-state index in [1.54, 1.807) is 21.9 Å². The average Bonchev–Trinajstić information content (AvgIpc) is 3.20. The van der Waals surface area contributed by atoms with Crippen LogP contribution in [0.1, 0.15) is 39.0 Å². The second-order valence-electron chi connectivity index (χ2n) is 7.25. The molecule has 27 heavy (non-hydrogen) atoms. The number of piperazine rings is 1. The first kappa shape index (κ1) is 20.7. The zero-order valence-corrected chi connectivity index (χ0v) is 17.6. The third kappa shape index (κ3) is 4.86. The van der Waals surface area contributed by atoms with Crippen molar-refractivity contribution in [2.45, 2.75) is 51.1 Å². The Kier molecular flexibility index (Phi) is 6.85. The summed E-state index contributed by atoms with van der Waals surface area (Å²) in [7, 11) is -1.73. The molecule has 0 aromatic carbocycles. The monoisotopic (exact) mass is 415 g/mol. The third-order valence-electron chi connectivity index (χ3n) is 5.64. The molecule has 0 bridgehead atoms. The summed E-state index contributed by atoms with van der Waals surface area (Å²) in [6.07, 6.45) is 6.95. The van der Waals surface area contributed by atoms with Crippen LogP contribution in [-0.4, -0.2) is 78.1 Å². The molecule has 1 N–H and O–H groups in total. The van der Waals surface area contributed by atoms with Gasteiger partial charge in [-0.15, -0.1) is 11.3 Å². The number of amides is 1. The van der Waals surface area contributed by atoms with E-state index in [9.17, 15) is 13.2 Å². The molecule has 2 fully saturated rings. The van der Waals surface area contributed by atoms with E-state index in [4.69, 9.17) is 0 Å². The van der Waals surface area contributed by atoms with Crippen molar-refractivity contribution in [2.24, 2.45) is 0 Å². The van der Waals surface area contributed by atoms with Crippen LogP contribution in [0.15, 0.2) is 11.6 Å². The van der Waals surface area contributed by atoms with E-state index in [1.807, 2.05) is 17.2 Å². The Morgan fingerprint density at radius 2 is 1.93 bits per heavy atom. The van der Waals surface area contributed by atoms with Gasteiger partial charge in [0, 0.05) is 50.8 Å². The maximum Gasteiger partial charge on any atom is 0.282 e. The quantitative estimate of drug-likeness (QED) is 0.763. The fourth-order valence-corrected chi connectivity index (χ4v) is 5.91. The predicted octanol–water partition coefficient (Wildman–Crippen LogP) is 1.60. The van der Waals surface area contributed by atoms with Gasteiger partial charge in [-0.25, -0.2) is 4.98 Å². The van der Waals surface area contributed by atoms with E-state index >= 15 is 0 Å². The lowest BCUT2D eigenvalue weighted by atomic mass is 9.96. The summed E-state index contributed by atoms with van der Waals surface area (Å²) >= 11 is 1.38. The van der Waals surface area contributed by atoms with Crippen LogP contribution in [0.4, 0.5) is 5.13 Å². The summed E-state index contributed by atoms with van der Waals surface area (Å²) in [5.74, 6) is -0.111. The molecule has 152 valence electrons. The SMILES string of the molecule is CC(C(=O)Nc1nccs1)N1CCN(S(=O)(=O)N(C)C2CCCCC2)CC1. The maximum atomic E-state index is 13.0. The van der Waals surface area contributed by atoms with Gasteiger partial charge in [-0.05, 0) is 19.8 Å². The van der Waals surface area contributed by atoms with Crippen molar-refractivity contribution >= 4 is 32.6 Å². The van der Waals surface area contributed by atoms with Crippen molar-refractivity contribution < 1.29 is 13.2 Å². The first-order valence-corrected chi connectivity index (χ1v) is 11.8. The van der Waals surface area contributed by atoms with Crippen LogP contribution in [0.5, 0.6) is 0 Å². The molecular formula is C17H29N5O3S2. The highest BCUT2D eigenvalue weighted by atomic mass is 32.2. The number of anilines is 1. The molecule has 1 aliphatic heterocycles. The highest BCUT2D eigenvalue weighted by Gasteiger charge is 2.36. The summed E-state index contributed by atoms with van der Waals surface area (Å²) in [6.45, 7) is 3.76. The van der Waals surface area contributed by atoms with Crippen LogP contribution >= 0.6 is 11.3 Å². The van der Waals surface area contributed by atoms with Gasteiger partial charge in [-0.2, -0.15) is 17.0 Å². The standard InChI is InChI=1S/C17H29N5O3S2/c1-14(16(23)19-17-18-8-13-26-17)21-9-11-22(12-10-21)27(24,25)20(2)15-6-4-3-5-7-15/h8,13-15H,3-7,9-12H2,1-2H3,(H,18,19,23). The maximum absolute atomic E-state index is 13.0. The van der Waals surface area contributed by atoms with Crippen molar-refractivity contribution in [1.29, 1.82) is 0 Å². The zero-order valence-electron chi connectivity index (χ0n) is 16.0. The average molecular weight is 416 g/mol. The lowest BCUT2D eigenvalue weighted by molar-refractivity contribution is -0.121. The zero-order chi connectivity index (χ0) is 19.4. The molecule has 1 aliphatic carbocycles. The molecule has 1 aromatic heterocycles. The number of nitrogens with zero attached hydrogens (tertiary/aromatic N) is 4. The highest BCUT2D eigenvalue weighted by Crippen LogP contribution is 2.25. The Balaban J connectivity index is 1.53.